The molecule has 0 aromatic heterocycles. The van der Waals surface area contributed by atoms with Crippen LogP contribution in [0.4, 0.5) is 5.69 Å². The topological polar surface area (TPSA) is 130 Å². The normalized spacial score (nSPS) is 17.3. The van der Waals surface area contributed by atoms with E-state index in [9.17, 15) is 26.7 Å². The highest BCUT2D eigenvalue weighted by atomic mass is 32.2. The van der Waals surface area contributed by atoms with Gasteiger partial charge in [0.25, 0.3) is 10.0 Å². The number of hydrogen-bond acceptors (Lipinski definition) is 6. The van der Waals surface area contributed by atoms with Crippen LogP contribution in [-0.4, -0.2) is 40.7 Å². The van der Waals surface area contributed by atoms with E-state index in [0.717, 1.165) is 38.1 Å². The van der Waals surface area contributed by atoms with Gasteiger partial charge < -0.3 is 10.4 Å². The highest BCUT2D eigenvalue weighted by Gasteiger charge is 2.25. The molecule has 0 saturated carbocycles. The molecule has 168 valence electrons. The summed E-state index contributed by atoms with van der Waals surface area (Å²) in [6, 6.07) is 8.28. The van der Waals surface area contributed by atoms with Crippen LogP contribution in [0.3, 0.4) is 0 Å². The number of sulfone groups is 1. The van der Waals surface area contributed by atoms with Gasteiger partial charge in [-0.15, -0.1) is 0 Å². The molecule has 3 rings (SSSR count). The predicted octanol–water partition coefficient (Wildman–Crippen LogP) is 2.97. The van der Waals surface area contributed by atoms with Crippen molar-refractivity contribution in [1.29, 1.82) is 0 Å². The van der Waals surface area contributed by atoms with Crippen molar-refractivity contribution in [3.05, 3.63) is 53.1 Å². The molecule has 1 heterocycles. The Bertz CT molecular complexity index is 1200. The molecule has 0 radical (unpaired) electrons. The lowest BCUT2D eigenvalue weighted by atomic mass is 9.96. The summed E-state index contributed by atoms with van der Waals surface area (Å²) < 4.78 is 53.2. The molecule has 1 saturated heterocycles. The van der Waals surface area contributed by atoms with Crippen LogP contribution < -0.4 is 10.0 Å². The zero-order valence-electron chi connectivity index (χ0n) is 17.4. The summed E-state index contributed by atoms with van der Waals surface area (Å²) in [5.41, 5.74) is 1.15. The smallest absolute Gasteiger partial charge is 0.335 e. The predicted molar refractivity (Wildman–Crippen MR) is 118 cm³/mol. The molecule has 31 heavy (non-hydrogen) atoms. The molecule has 1 aliphatic heterocycles. The molecule has 1 atom stereocenters. The number of anilines is 1. The number of aryl methyl sites for hydroxylation is 1. The SMILES string of the molecule is CCc1ccc(C(=O)O)cc1S(=O)(=O)Nc1cc(S(C)(=O)=O)ccc1C1CCCCN1. The van der Waals surface area contributed by atoms with Gasteiger partial charge in [-0.05, 0) is 61.2 Å². The van der Waals surface area contributed by atoms with Crippen LogP contribution in [0.15, 0.2) is 46.2 Å². The molecule has 0 amide bonds. The fourth-order valence-electron chi connectivity index (χ4n) is 3.71. The van der Waals surface area contributed by atoms with Gasteiger partial charge in [0.2, 0.25) is 0 Å². The van der Waals surface area contributed by atoms with Gasteiger partial charge in [-0.3, -0.25) is 4.72 Å². The number of hydrogen-bond donors (Lipinski definition) is 3. The van der Waals surface area contributed by atoms with Crippen molar-refractivity contribution < 1.29 is 26.7 Å². The second-order valence-corrected chi connectivity index (χ2v) is 11.3. The van der Waals surface area contributed by atoms with E-state index in [2.05, 4.69) is 10.0 Å². The van der Waals surface area contributed by atoms with E-state index in [0.29, 0.717) is 17.5 Å². The first-order valence-corrected chi connectivity index (χ1v) is 13.4. The third-order valence-corrected chi connectivity index (χ3v) is 7.93. The molecule has 10 heteroatoms. The third-order valence-electron chi connectivity index (χ3n) is 5.37. The molecule has 2 aromatic rings. The van der Waals surface area contributed by atoms with Crippen LogP contribution >= 0.6 is 0 Å². The summed E-state index contributed by atoms with van der Waals surface area (Å²) in [6.07, 6.45) is 4.22. The van der Waals surface area contributed by atoms with Crippen LogP contribution in [0.25, 0.3) is 0 Å². The monoisotopic (exact) mass is 466 g/mol. The van der Waals surface area contributed by atoms with Crippen molar-refractivity contribution in [2.24, 2.45) is 0 Å². The summed E-state index contributed by atoms with van der Waals surface area (Å²) in [4.78, 5) is 11.2. The molecule has 3 N–H and O–H groups in total. The molecule has 1 unspecified atom stereocenters. The molecular formula is C21H26N2O6S2. The summed E-state index contributed by atoms with van der Waals surface area (Å²) >= 11 is 0. The Hall–Kier alpha value is -2.43. The number of rotatable bonds is 7. The number of aromatic carboxylic acids is 1. The first-order valence-electron chi connectivity index (χ1n) is 9.99. The number of sulfonamides is 1. The van der Waals surface area contributed by atoms with Gasteiger partial charge in [-0.2, -0.15) is 0 Å². The Morgan fingerprint density at radius 1 is 1.13 bits per heavy atom. The largest absolute Gasteiger partial charge is 0.478 e. The maximum atomic E-state index is 13.3. The fraction of sp³-hybridized carbons (Fsp3) is 0.381. The zero-order chi connectivity index (χ0) is 22.8. The van der Waals surface area contributed by atoms with E-state index in [-0.39, 0.29) is 27.1 Å². The van der Waals surface area contributed by atoms with Gasteiger partial charge in [0.1, 0.15) is 0 Å². The zero-order valence-corrected chi connectivity index (χ0v) is 19.0. The molecular weight excluding hydrogens is 440 g/mol. The lowest BCUT2D eigenvalue weighted by molar-refractivity contribution is 0.0696. The Morgan fingerprint density at radius 3 is 2.45 bits per heavy atom. The van der Waals surface area contributed by atoms with Crippen molar-refractivity contribution >= 4 is 31.5 Å². The molecule has 0 spiro atoms. The summed E-state index contributed by atoms with van der Waals surface area (Å²) in [6.45, 7) is 2.56. The summed E-state index contributed by atoms with van der Waals surface area (Å²) in [7, 11) is -7.73. The third kappa shape index (κ3) is 5.25. The second kappa shape index (κ2) is 8.97. The van der Waals surface area contributed by atoms with Crippen LogP contribution in [0, 0.1) is 0 Å². The summed E-state index contributed by atoms with van der Waals surface area (Å²) in [5, 5.41) is 12.6. The lowest BCUT2D eigenvalue weighted by Gasteiger charge is -2.26. The molecule has 1 fully saturated rings. The standard InChI is InChI=1S/C21H26N2O6S2/c1-3-14-7-8-15(21(24)25)12-20(14)31(28,29)23-19-13-16(30(2,26)27)9-10-17(19)18-6-4-5-11-22-18/h7-10,12-13,18,22-23H,3-6,11H2,1-2H3,(H,24,25). The number of carboxylic acids is 1. The van der Waals surface area contributed by atoms with Gasteiger partial charge in [-0.25, -0.2) is 21.6 Å². The van der Waals surface area contributed by atoms with E-state index in [1.54, 1.807) is 13.0 Å². The first kappa shape index (κ1) is 23.2. The van der Waals surface area contributed by atoms with Crippen LogP contribution in [-0.2, 0) is 26.3 Å². The minimum absolute atomic E-state index is 0.000221. The van der Waals surface area contributed by atoms with E-state index in [1.165, 1.54) is 24.3 Å². The van der Waals surface area contributed by atoms with Crippen molar-refractivity contribution in [1.82, 2.24) is 5.32 Å². The highest BCUT2D eigenvalue weighted by Crippen LogP contribution is 2.33. The molecule has 0 bridgehead atoms. The van der Waals surface area contributed by atoms with E-state index < -0.39 is 25.8 Å². The van der Waals surface area contributed by atoms with E-state index in [1.807, 2.05) is 0 Å². The fourth-order valence-corrected chi connectivity index (χ4v) is 5.77. The van der Waals surface area contributed by atoms with Crippen molar-refractivity contribution in [2.75, 3.05) is 17.5 Å². The minimum Gasteiger partial charge on any atom is -0.478 e. The Morgan fingerprint density at radius 2 is 1.87 bits per heavy atom. The number of carbonyl (C=O) groups is 1. The number of piperidine rings is 1. The van der Waals surface area contributed by atoms with Gasteiger partial charge >= 0.3 is 5.97 Å². The van der Waals surface area contributed by atoms with Gasteiger partial charge in [0.05, 0.1) is 21.0 Å². The molecule has 2 aromatic carbocycles. The van der Waals surface area contributed by atoms with Crippen molar-refractivity contribution in [3.63, 3.8) is 0 Å². The quantitative estimate of drug-likeness (QED) is 0.572. The summed E-state index contributed by atoms with van der Waals surface area (Å²) in [5.74, 6) is -1.23. The maximum Gasteiger partial charge on any atom is 0.335 e. The van der Waals surface area contributed by atoms with E-state index in [4.69, 9.17) is 0 Å². The molecule has 0 aliphatic carbocycles. The average Bonchev–Trinajstić information content (AvgIpc) is 2.73. The second-order valence-electron chi connectivity index (χ2n) is 7.61. The van der Waals surface area contributed by atoms with Gasteiger partial charge in [0.15, 0.2) is 9.84 Å². The maximum absolute atomic E-state index is 13.3. The minimum atomic E-state index is -4.17. The first-order chi connectivity index (χ1) is 14.5. The van der Waals surface area contributed by atoms with Gasteiger partial charge in [-0.1, -0.05) is 25.5 Å². The van der Waals surface area contributed by atoms with E-state index >= 15 is 0 Å². The van der Waals surface area contributed by atoms with Gasteiger partial charge in [0, 0.05) is 12.3 Å². The van der Waals surface area contributed by atoms with Crippen molar-refractivity contribution in [2.45, 2.75) is 48.4 Å². The Balaban J connectivity index is 2.11. The average molecular weight is 467 g/mol. The number of benzene rings is 2. The van der Waals surface area contributed by atoms with Crippen LogP contribution in [0.2, 0.25) is 0 Å². The number of nitrogens with one attached hydrogen (secondary N) is 2. The van der Waals surface area contributed by atoms with Crippen LogP contribution in [0.5, 0.6) is 0 Å². The lowest BCUT2D eigenvalue weighted by Crippen LogP contribution is -2.28. The Labute approximate surface area is 182 Å². The molecule has 8 nitrogen and oxygen atoms in total. The number of carboxylic acid groups (broad SMARTS) is 1. The molecule has 1 aliphatic rings. The van der Waals surface area contributed by atoms with Crippen molar-refractivity contribution in [3.8, 4) is 0 Å². The highest BCUT2D eigenvalue weighted by molar-refractivity contribution is 7.92. The Kier molecular flexibility index (Phi) is 6.73. The van der Waals surface area contributed by atoms with Crippen LogP contribution in [0.1, 0.15) is 53.7 Å².